The van der Waals surface area contributed by atoms with Crippen LogP contribution in [0.1, 0.15) is 28.8 Å². The first-order valence-corrected chi connectivity index (χ1v) is 9.79. The van der Waals surface area contributed by atoms with Crippen molar-refractivity contribution < 1.29 is 19.1 Å². The Bertz CT molecular complexity index is 1020. The van der Waals surface area contributed by atoms with E-state index < -0.39 is 11.5 Å². The molecule has 7 heteroatoms. The van der Waals surface area contributed by atoms with Crippen molar-refractivity contribution in [1.82, 2.24) is 10.2 Å². The molecule has 2 atom stereocenters. The van der Waals surface area contributed by atoms with Gasteiger partial charge in [0.15, 0.2) is 5.78 Å². The van der Waals surface area contributed by atoms with Crippen LogP contribution >= 0.6 is 0 Å². The summed E-state index contributed by atoms with van der Waals surface area (Å²) in [6.07, 6.45) is 0.430. The Morgan fingerprint density at radius 1 is 1.17 bits per heavy atom. The molecule has 5 rings (SSSR count). The molecule has 3 aliphatic rings. The number of nitrogens with zero attached hydrogens (tertiary/aromatic N) is 1. The molecule has 2 aromatic carbocycles. The van der Waals surface area contributed by atoms with Crippen molar-refractivity contribution in [1.29, 1.82) is 0 Å². The highest BCUT2D eigenvalue weighted by molar-refractivity contribution is 6.07. The maximum Gasteiger partial charge on any atom is 0.317 e. The SMILES string of the molecule is O=C1CC(CNC(=O)N2CCC3(C2)C(=O)Nc2ccccc23)Oc2ccccc21. The van der Waals surface area contributed by atoms with Gasteiger partial charge in [-0.3, -0.25) is 9.59 Å². The largest absolute Gasteiger partial charge is 0.487 e. The lowest BCUT2D eigenvalue weighted by molar-refractivity contribution is -0.120. The maximum absolute atomic E-state index is 12.7. The number of hydrogen-bond donors (Lipinski definition) is 2. The Hall–Kier alpha value is -3.35. The summed E-state index contributed by atoms with van der Waals surface area (Å²) in [5.41, 5.74) is 1.69. The van der Waals surface area contributed by atoms with Crippen LogP contribution in [0, 0.1) is 0 Å². The normalized spacial score (nSPS) is 24.7. The summed E-state index contributed by atoms with van der Waals surface area (Å²) < 4.78 is 5.85. The number of ether oxygens (including phenoxy) is 1. The van der Waals surface area contributed by atoms with Crippen molar-refractivity contribution in [3.8, 4) is 5.75 Å². The van der Waals surface area contributed by atoms with Crippen LogP contribution in [0.2, 0.25) is 0 Å². The molecule has 0 saturated carbocycles. The molecule has 2 aromatic rings. The maximum atomic E-state index is 12.7. The molecule has 0 aliphatic carbocycles. The van der Waals surface area contributed by atoms with Crippen LogP contribution in [0.25, 0.3) is 0 Å². The lowest BCUT2D eigenvalue weighted by Crippen LogP contribution is -2.46. The van der Waals surface area contributed by atoms with E-state index in [2.05, 4.69) is 10.6 Å². The number of benzene rings is 2. The van der Waals surface area contributed by atoms with Gasteiger partial charge >= 0.3 is 6.03 Å². The van der Waals surface area contributed by atoms with Crippen LogP contribution in [-0.2, 0) is 10.2 Å². The zero-order chi connectivity index (χ0) is 20.0. The van der Waals surface area contributed by atoms with Crippen LogP contribution in [0.15, 0.2) is 48.5 Å². The lowest BCUT2D eigenvalue weighted by atomic mass is 9.81. The molecular weight excluding hydrogens is 370 g/mol. The predicted octanol–water partition coefficient (Wildman–Crippen LogP) is 2.33. The summed E-state index contributed by atoms with van der Waals surface area (Å²) in [5.74, 6) is 0.527. The average Bonchev–Trinajstić information content (AvgIpc) is 3.30. The van der Waals surface area contributed by atoms with Crippen LogP contribution in [0.4, 0.5) is 10.5 Å². The number of anilines is 1. The van der Waals surface area contributed by atoms with Gasteiger partial charge in [-0.15, -0.1) is 0 Å². The molecule has 7 nitrogen and oxygen atoms in total. The van der Waals surface area contributed by atoms with Gasteiger partial charge in [0.25, 0.3) is 0 Å². The molecule has 0 bridgehead atoms. The molecule has 2 N–H and O–H groups in total. The third-order valence-electron chi connectivity index (χ3n) is 6.06. The van der Waals surface area contributed by atoms with E-state index in [0.717, 1.165) is 11.3 Å². The molecule has 3 amide bonds. The zero-order valence-electron chi connectivity index (χ0n) is 15.8. The number of nitrogens with one attached hydrogen (secondary N) is 2. The number of rotatable bonds is 2. The first kappa shape index (κ1) is 17.7. The molecular formula is C22H21N3O4. The van der Waals surface area contributed by atoms with Gasteiger partial charge in [0.1, 0.15) is 11.9 Å². The van der Waals surface area contributed by atoms with Crippen LogP contribution in [-0.4, -0.2) is 48.4 Å². The fourth-order valence-electron chi connectivity index (χ4n) is 4.53. The Balaban J connectivity index is 1.23. The van der Waals surface area contributed by atoms with E-state index in [0.29, 0.717) is 30.8 Å². The smallest absolute Gasteiger partial charge is 0.317 e. The van der Waals surface area contributed by atoms with E-state index in [1.165, 1.54) is 0 Å². The van der Waals surface area contributed by atoms with E-state index in [9.17, 15) is 14.4 Å². The number of fused-ring (bicyclic) bond motifs is 3. The number of amides is 3. The number of likely N-dealkylation sites (tertiary alicyclic amines) is 1. The van der Waals surface area contributed by atoms with Crippen LogP contribution in [0.3, 0.4) is 0 Å². The van der Waals surface area contributed by atoms with Crippen molar-refractivity contribution >= 4 is 23.4 Å². The number of hydrogen-bond acceptors (Lipinski definition) is 4. The number of urea groups is 1. The molecule has 2 unspecified atom stereocenters. The zero-order valence-corrected chi connectivity index (χ0v) is 15.8. The Morgan fingerprint density at radius 3 is 2.86 bits per heavy atom. The van der Waals surface area contributed by atoms with Gasteiger partial charge in [-0.25, -0.2) is 4.79 Å². The second-order valence-corrected chi connectivity index (χ2v) is 7.80. The van der Waals surface area contributed by atoms with Crippen molar-refractivity contribution in [2.45, 2.75) is 24.4 Å². The van der Waals surface area contributed by atoms with Crippen molar-refractivity contribution in [3.05, 3.63) is 59.7 Å². The molecule has 3 heterocycles. The van der Waals surface area contributed by atoms with E-state index >= 15 is 0 Å². The highest BCUT2D eigenvalue weighted by atomic mass is 16.5. The monoisotopic (exact) mass is 391 g/mol. The number of Topliss-reactive ketones (excluding diaryl/α,β-unsaturated/α-hetero) is 1. The molecule has 1 spiro atoms. The fourth-order valence-corrected chi connectivity index (χ4v) is 4.53. The van der Waals surface area contributed by atoms with Crippen molar-refractivity contribution in [2.24, 2.45) is 0 Å². The van der Waals surface area contributed by atoms with Gasteiger partial charge in [-0.05, 0) is 30.2 Å². The molecule has 1 fully saturated rings. The summed E-state index contributed by atoms with van der Waals surface area (Å²) in [4.78, 5) is 39.3. The third kappa shape index (κ3) is 2.85. The highest BCUT2D eigenvalue weighted by Crippen LogP contribution is 2.44. The molecule has 3 aliphatic heterocycles. The quantitative estimate of drug-likeness (QED) is 0.823. The standard InChI is InChI=1S/C22H21N3O4/c26-18-11-14(29-19-8-4-1-5-15(18)19)12-23-21(28)25-10-9-22(13-25)16-6-2-3-7-17(16)24-20(22)27/h1-8,14H,9-13H2,(H,23,28)(H,24,27). The Labute approximate surface area is 168 Å². The van der Waals surface area contributed by atoms with E-state index in [-0.39, 0.29) is 30.7 Å². The van der Waals surface area contributed by atoms with Gasteiger partial charge in [0, 0.05) is 25.2 Å². The molecule has 1 saturated heterocycles. The minimum atomic E-state index is -0.676. The lowest BCUT2D eigenvalue weighted by Gasteiger charge is -2.27. The summed E-state index contributed by atoms with van der Waals surface area (Å²) in [6.45, 7) is 1.08. The first-order chi connectivity index (χ1) is 14.1. The summed E-state index contributed by atoms with van der Waals surface area (Å²) in [7, 11) is 0. The minimum Gasteiger partial charge on any atom is -0.487 e. The molecule has 29 heavy (non-hydrogen) atoms. The summed E-state index contributed by atoms with van der Waals surface area (Å²) in [5, 5.41) is 5.80. The van der Waals surface area contributed by atoms with Gasteiger partial charge in [0.05, 0.1) is 17.5 Å². The number of carbonyl (C=O) groups is 3. The summed E-state index contributed by atoms with van der Waals surface area (Å²) in [6, 6.07) is 14.5. The highest BCUT2D eigenvalue weighted by Gasteiger charge is 2.52. The van der Waals surface area contributed by atoms with Crippen LogP contribution < -0.4 is 15.4 Å². The van der Waals surface area contributed by atoms with Gasteiger partial charge in [0.2, 0.25) is 5.91 Å². The first-order valence-electron chi connectivity index (χ1n) is 9.79. The predicted molar refractivity (Wildman–Crippen MR) is 106 cm³/mol. The second-order valence-electron chi connectivity index (χ2n) is 7.80. The van der Waals surface area contributed by atoms with Crippen LogP contribution in [0.5, 0.6) is 5.75 Å². The van der Waals surface area contributed by atoms with E-state index in [1.54, 1.807) is 17.0 Å². The van der Waals surface area contributed by atoms with E-state index in [1.807, 2.05) is 36.4 Å². The van der Waals surface area contributed by atoms with E-state index in [4.69, 9.17) is 4.74 Å². The van der Waals surface area contributed by atoms with Gasteiger partial charge in [-0.2, -0.15) is 0 Å². The second kappa shape index (κ2) is 6.62. The number of carbonyl (C=O) groups excluding carboxylic acids is 3. The van der Waals surface area contributed by atoms with Gasteiger partial charge in [-0.1, -0.05) is 30.3 Å². The fraction of sp³-hybridized carbons (Fsp3) is 0.318. The average molecular weight is 391 g/mol. The molecule has 0 radical (unpaired) electrons. The molecule has 0 aromatic heterocycles. The van der Waals surface area contributed by atoms with Crippen molar-refractivity contribution in [3.63, 3.8) is 0 Å². The number of ketones is 1. The Morgan fingerprint density at radius 2 is 1.97 bits per heavy atom. The number of para-hydroxylation sites is 2. The van der Waals surface area contributed by atoms with Gasteiger partial charge < -0.3 is 20.3 Å². The minimum absolute atomic E-state index is 0.0189. The molecule has 148 valence electrons. The third-order valence-corrected chi connectivity index (χ3v) is 6.06. The summed E-state index contributed by atoms with van der Waals surface area (Å²) >= 11 is 0. The Kier molecular flexibility index (Phi) is 4.04. The topological polar surface area (TPSA) is 87.7 Å². The van der Waals surface area contributed by atoms with Crippen molar-refractivity contribution in [2.75, 3.05) is 25.0 Å².